The van der Waals surface area contributed by atoms with Crippen molar-refractivity contribution in [3.05, 3.63) is 0 Å². The van der Waals surface area contributed by atoms with E-state index < -0.39 is 39.1 Å². The van der Waals surface area contributed by atoms with Crippen LogP contribution < -0.4 is 0 Å². The quantitative estimate of drug-likeness (QED) is 0.172. The zero-order valence-corrected chi connectivity index (χ0v) is 10.1. The molecule has 0 aromatic carbocycles. The summed E-state index contributed by atoms with van der Waals surface area (Å²) in [6, 6.07) is 0. The van der Waals surface area contributed by atoms with Crippen LogP contribution >= 0.6 is 15.2 Å². The fourth-order valence-electron chi connectivity index (χ4n) is 0.344. The van der Waals surface area contributed by atoms with Crippen molar-refractivity contribution >= 4 is 27.1 Å². The Balaban J connectivity index is 0. The monoisotopic (exact) mass is 312 g/mol. The van der Waals surface area contributed by atoms with Gasteiger partial charge in [0.05, 0.1) is 0 Å². The lowest BCUT2D eigenvalue weighted by Gasteiger charge is -2.05. The minimum atomic E-state index is -4.86. The molecular weight excluding hydrogens is 302 g/mol. The van der Waals surface area contributed by atoms with Crippen molar-refractivity contribution in [2.24, 2.45) is 0 Å². The van der Waals surface area contributed by atoms with Crippen LogP contribution in [0.5, 0.6) is 0 Å². The molecular formula is C4H10O12P2. The first-order valence-corrected chi connectivity index (χ1v) is 7.10. The third-order valence-electron chi connectivity index (χ3n) is 1.00. The highest BCUT2D eigenvalue weighted by molar-refractivity contribution is 7.53. The van der Waals surface area contributed by atoms with E-state index in [-0.39, 0.29) is 0 Å². The lowest BCUT2D eigenvalue weighted by Crippen LogP contribution is -2.18. The van der Waals surface area contributed by atoms with E-state index in [1.54, 1.807) is 0 Å². The zero-order valence-electron chi connectivity index (χ0n) is 8.35. The second-order valence-electron chi connectivity index (χ2n) is 2.57. The Morgan fingerprint density at radius 2 is 1.50 bits per heavy atom. The SMILES string of the molecule is O=C(O)C(O)P(=O)(O)O.O=C(O)CP(=O)(O)OO. The summed E-state index contributed by atoms with van der Waals surface area (Å²) in [5.41, 5.74) is 0. The summed E-state index contributed by atoms with van der Waals surface area (Å²) in [4.78, 5) is 43.3. The van der Waals surface area contributed by atoms with Crippen LogP contribution in [0.15, 0.2) is 0 Å². The van der Waals surface area contributed by atoms with E-state index in [0.717, 1.165) is 0 Å². The zero-order chi connectivity index (χ0) is 15.1. The van der Waals surface area contributed by atoms with Gasteiger partial charge < -0.3 is 30.0 Å². The second kappa shape index (κ2) is 7.56. The summed E-state index contributed by atoms with van der Waals surface area (Å²) in [7, 11) is -9.13. The third kappa shape index (κ3) is 10.3. The van der Waals surface area contributed by atoms with Gasteiger partial charge in [0.2, 0.25) is 0 Å². The van der Waals surface area contributed by atoms with Gasteiger partial charge in [0.25, 0.3) is 5.85 Å². The van der Waals surface area contributed by atoms with Crippen LogP contribution in [0, 0.1) is 0 Å². The molecule has 12 nitrogen and oxygen atoms in total. The van der Waals surface area contributed by atoms with Gasteiger partial charge in [-0.1, -0.05) is 0 Å². The molecule has 0 amide bonds. The van der Waals surface area contributed by atoms with Crippen LogP contribution in [0.25, 0.3) is 0 Å². The predicted molar refractivity (Wildman–Crippen MR) is 51.7 cm³/mol. The van der Waals surface area contributed by atoms with Crippen molar-refractivity contribution in [2.75, 3.05) is 6.16 Å². The number of hydrogen-bond donors (Lipinski definition) is 7. The van der Waals surface area contributed by atoms with E-state index in [1.807, 2.05) is 0 Å². The minimum Gasteiger partial charge on any atom is -0.481 e. The molecule has 0 radical (unpaired) electrons. The van der Waals surface area contributed by atoms with E-state index in [0.29, 0.717) is 0 Å². The molecule has 0 aliphatic heterocycles. The second-order valence-corrected chi connectivity index (χ2v) is 5.99. The first-order chi connectivity index (χ1) is 7.83. The summed E-state index contributed by atoms with van der Waals surface area (Å²) in [6.45, 7) is 0. The van der Waals surface area contributed by atoms with Crippen LogP contribution in [0.1, 0.15) is 0 Å². The number of carboxylic acid groups (broad SMARTS) is 2. The van der Waals surface area contributed by atoms with Gasteiger partial charge in [-0.2, -0.15) is 4.67 Å². The standard InChI is InChI=1S/2C2H5O6P/c3-2(4)1-9(6,7)8-5;3-1(4)2(5)9(6,7)8/h5H,1H2,(H,3,4)(H,6,7);2,5H,(H,3,4)(H2,6,7,8). The normalized spacial score (nSPS) is 15.8. The molecule has 2 unspecified atom stereocenters. The maximum Gasteiger partial charge on any atom is 0.366 e. The molecule has 0 rings (SSSR count). The first-order valence-electron chi connectivity index (χ1n) is 3.66. The van der Waals surface area contributed by atoms with Gasteiger partial charge in [-0.05, 0) is 0 Å². The Morgan fingerprint density at radius 1 is 1.11 bits per heavy atom. The number of hydrogen-bond acceptors (Lipinski definition) is 7. The van der Waals surface area contributed by atoms with Gasteiger partial charge in [-0.15, -0.1) is 0 Å². The molecule has 0 aromatic rings. The maximum atomic E-state index is 10.1. The molecule has 108 valence electrons. The van der Waals surface area contributed by atoms with Crippen LogP contribution in [0.3, 0.4) is 0 Å². The molecule has 0 aliphatic carbocycles. The van der Waals surface area contributed by atoms with Gasteiger partial charge >= 0.3 is 27.1 Å². The molecule has 0 saturated carbocycles. The van der Waals surface area contributed by atoms with Gasteiger partial charge in [0.15, 0.2) is 0 Å². The fourth-order valence-corrected chi connectivity index (χ4v) is 1.03. The largest absolute Gasteiger partial charge is 0.481 e. The van der Waals surface area contributed by atoms with E-state index in [1.165, 1.54) is 0 Å². The van der Waals surface area contributed by atoms with Crippen molar-refractivity contribution in [1.82, 2.24) is 0 Å². The van der Waals surface area contributed by atoms with Crippen molar-refractivity contribution in [3.63, 3.8) is 0 Å². The molecule has 0 aromatic heterocycles. The Hall–Kier alpha value is -0.840. The number of rotatable bonds is 5. The molecule has 18 heavy (non-hydrogen) atoms. The van der Waals surface area contributed by atoms with Crippen LogP contribution in [0.2, 0.25) is 0 Å². The fraction of sp³-hybridized carbons (Fsp3) is 0.500. The molecule has 2 atom stereocenters. The molecule has 0 saturated heterocycles. The van der Waals surface area contributed by atoms with E-state index >= 15 is 0 Å². The molecule has 0 bridgehead atoms. The molecule has 0 spiro atoms. The van der Waals surface area contributed by atoms with Crippen molar-refractivity contribution in [3.8, 4) is 0 Å². The summed E-state index contributed by atoms with van der Waals surface area (Å²) < 4.78 is 22.9. The number of aliphatic hydroxyl groups excluding tert-OH is 1. The van der Waals surface area contributed by atoms with E-state index in [4.69, 9.17) is 35.3 Å². The predicted octanol–water partition coefficient (Wildman–Crippen LogP) is -1.69. The highest BCUT2D eigenvalue weighted by atomic mass is 31.2. The highest BCUT2D eigenvalue weighted by Gasteiger charge is 2.33. The smallest absolute Gasteiger partial charge is 0.366 e. The topological polar surface area (TPSA) is 219 Å². The van der Waals surface area contributed by atoms with Gasteiger partial charge in [-0.3, -0.25) is 13.9 Å². The molecule has 0 heterocycles. The molecule has 7 N–H and O–H groups in total. The minimum absolute atomic E-state index is 1.09. The highest BCUT2D eigenvalue weighted by Crippen LogP contribution is 2.39. The van der Waals surface area contributed by atoms with Gasteiger partial charge in [0.1, 0.15) is 6.16 Å². The first kappa shape index (κ1) is 19.5. The van der Waals surface area contributed by atoms with Crippen LogP contribution in [-0.4, -0.2) is 59.2 Å². The third-order valence-corrected chi connectivity index (χ3v) is 2.79. The summed E-state index contributed by atoms with van der Waals surface area (Å²) >= 11 is 0. The van der Waals surface area contributed by atoms with Crippen LogP contribution in [0.4, 0.5) is 0 Å². The Bertz CT molecular complexity index is 374. The Labute approximate surface area is 98.7 Å². The molecule has 0 fully saturated rings. The lowest BCUT2D eigenvalue weighted by atomic mass is 10.7. The number of aliphatic hydroxyl groups is 1. The average Bonchev–Trinajstić information content (AvgIpc) is 2.14. The number of carbonyl (C=O) groups is 2. The Morgan fingerprint density at radius 3 is 1.56 bits per heavy atom. The van der Waals surface area contributed by atoms with E-state index in [2.05, 4.69) is 4.67 Å². The van der Waals surface area contributed by atoms with Crippen molar-refractivity contribution < 1.29 is 58.7 Å². The lowest BCUT2D eigenvalue weighted by molar-refractivity contribution is -0.149. The summed E-state index contributed by atoms with van der Waals surface area (Å²) in [5, 5.41) is 31.3. The molecule has 0 aliphatic rings. The number of carboxylic acids is 2. The summed E-state index contributed by atoms with van der Waals surface area (Å²) in [6.07, 6.45) is -1.09. The van der Waals surface area contributed by atoms with E-state index in [9.17, 15) is 18.7 Å². The Kier molecular flexibility index (Phi) is 8.19. The molecule has 14 heteroatoms. The average molecular weight is 312 g/mol. The summed E-state index contributed by atoms with van der Waals surface area (Å²) in [5.74, 6) is -6.03. The maximum absolute atomic E-state index is 10.1. The van der Waals surface area contributed by atoms with Gasteiger partial charge in [-0.25, -0.2) is 10.1 Å². The number of aliphatic carboxylic acids is 2. The van der Waals surface area contributed by atoms with Crippen LogP contribution in [-0.2, 0) is 23.4 Å². The van der Waals surface area contributed by atoms with Crippen molar-refractivity contribution in [2.45, 2.75) is 5.85 Å². The van der Waals surface area contributed by atoms with Gasteiger partial charge in [0, 0.05) is 0 Å². The van der Waals surface area contributed by atoms with Crippen molar-refractivity contribution in [1.29, 1.82) is 0 Å².